The Morgan fingerprint density at radius 1 is 1.12 bits per heavy atom. The van der Waals surface area contributed by atoms with Crippen LogP contribution in [0.3, 0.4) is 0 Å². The molecule has 1 atom stereocenters. The lowest BCUT2D eigenvalue weighted by atomic mass is 9.90. The van der Waals surface area contributed by atoms with Gasteiger partial charge in [0.25, 0.3) is 0 Å². The normalized spacial score (nSPS) is 18.5. The van der Waals surface area contributed by atoms with Crippen LogP contribution in [0, 0.1) is 19.8 Å². The number of hydrogen-bond donors (Lipinski definition) is 1. The third-order valence-electron chi connectivity index (χ3n) is 3.90. The van der Waals surface area contributed by atoms with Crippen LogP contribution in [-0.4, -0.2) is 6.54 Å². The van der Waals surface area contributed by atoms with Gasteiger partial charge in [0.2, 0.25) is 0 Å². The van der Waals surface area contributed by atoms with E-state index in [1.807, 2.05) is 0 Å². The minimum Gasteiger partial charge on any atom is -0.310 e. The van der Waals surface area contributed by atoms with Crippen LogP contribution in [0.4, 0.5) is 0 Å². The molecule has 0 radical (unpaired) electrons. The highest BCUT2D eigenvalue weighted by atomic mass is 14.9. The van der Waals surface area contributed by atoms with E-state index in [1.54, 1.807) is 0 Å². The molecular weight excluding hydrogens is 206 g/mol. The number of aryl methyl sites for hydroxylation is 2. The Bertz CT molecular complexity index is 344. The Kier molecular flexibility index (Phi) is 4.22. The summed E-state index contributed by atoms with van der Waals surface area (Å²) in [6.45, 7) is 7.68. The molecule has 1 saturated carbocycles. The van der Waals surface area contributed by atoms with E-state index in [-0.39, 0.29) is 0 Å². The Labute approximate surface area is 106 Å². The maximum atomic E-state index is 3.70. The van der Waals surface area contributed by atoms with Crippen molar-refractivity contribution in [2.24, 2.45) is 5.92 Å². The van der Waals surface area contributed by atoms with Crippen LogP contribution in [-0.2, 0) is 0 Å². The molecule has 1 heteroatoms. The van der Waals surface area contributed by atoms with E-state index in [1.165, 1.54) is 42.4 Å². The van der Waals surface area contributed by atoms with Crippen LogP contribution >= 0.6 is 0 Å². The van der Waals surface area contributed by atoms with Crippen LogP contribution in [0.15, 0.2) is 18.2 Å². The molecule has 2 rings (SSSR count). The lowest BCUT2D eigenvalue weighted by molar-refractivity contribution is 0.374. The van der Waals surface area contributed by atoms with Crippen molar-refractivity contribution in [1.82, 2.24) is 5.32 Å². The first-order valence-corrected chi connectivity index (χ1v) is 7.02. The molecule has 94 valence electrons. The first-order valence-electron chi connectivity index (χ1n) is 7.02. The van der Waals surface area contributed by atoms with E-state index in [4.69, 9.17) is 0 Å². The largest absolute Gasteiger partial charge is 0.310 e. The molecule has 1 aliphatic carbocycles. The maximum absolute atomic E-state index is 3.70. The van der Waals surface area contributed by atoms with Crippen molar-refractivity contribution in [3.8, 4) is 0 Å². The minimum atomic E-state index is 0.570. The minimum absolute atomic E-state index is 0.570. The molecule has 1 nitrogen and oxygen atoms in total. The summed E-state index contributed by atoms with van der Waals surface area (Å²) >= 11 is 0. The van der Waals surface area contributed by atoms with Gasteiger partial charge in [0.15, 0.2) is 0 Å². The molecule has 0 bridgehead atoms. The van der Waals surface area contributed by atoms with Gasteiger partial charge in [0.1, 0.15) is 0 Å². The summed E-state index contributed by atoms with van der Waals surface area (Å²) in [4.78, 5) is 0. The quantitative estimate of drug-likeness (QED) is 0.821. The van der Waals surface area contributed by atoms with Crippen LogP contribution < -0.4 is 5.32 Å². The van der Waals surface area contributed by atoms with E-state index < -0.39 is 0 Å². The Hall–Kier alpha value is -0.820. The summed E-state index contributed by atoms with van der Waals surface area (Å²) in [7, 11) is 0. The fourth-order valence-corrected chi connectivity index (χ4v) is 3.26. The van der Waals surface area contributed by atoms with Crippen molar-refractivity contribution in [1.29, 1.82) is 0 Å². The van der Waals surface area contributed by atoms with Crippen LogP contribution in [0.25, 0.3) is 0 Å². The molecule has 0 saturated heterocycles. The zero-order valence-electron chi connectivity index (χ0n) is 11.4. The number of rotatable bonds is 4. The third-order valence-corrected chi connectivity index (χ3v) is 3.90. The van der Waals surface area contributed by atoms with Crippen molar-refractivity contribution in [2.75, 3.05) is 6.54 Å². The molecule has 1 unspecified atom stereocenters. The van der Waals surface area contributed by atoms with Crippen molar-refractivity contribution in [3.05, 3.63) is 34.9 Å². The van der Waals surface area contributed by atoms with E-state index in [9.17, 15) is 0 Å². The average Bonchev–Trinajstić information content (AvgIpc) is 2.77. The van der Waals surface area contributed by atoms with Gasteiger partial charge in [0.05, 0.1) is 0 Å². The SMILES string of the molecule is CCNC(c1cc(C)cc(C)c1)C1CCCC1. The van der Waals surface area contributed by atoms with Crippen LogP contribution in [0.2, 0.25) is 0 Å². The Morgan fingerprint density at radius 2 is 1.71 bits per heavy atom. The van der Waals surface area contributed by atoms with Gasteiger partial charge in [-0.05, 0) is 44.7 Å². The average molecular weight is 231 g/mol. The molecule has 0 aliphatic heterocycles. The third kappa shape index (κ3) is 3.10. The number of hydrogen-bond acceptors (Lipinski definition) is 1. The van der Waals surface area contributed by atoms with Crippen molar-refractivity contribution >= 4 is 0 Å². The topological polar surface area (TPSA) is 12.0 Å². The Morgan fingerprint density at radius 3 is 2.24 bits per heavy atom. The van der Waals surface area contributed by atoms with Gasteiger partial charge in [0, 0.05) is 6.04 Å². The highest BCUT2D eigenvalue weighted by Gasteiger charge is 2.25. The molecule has 0 amide bonds. The molecule has 0 heterocycles. The first-order chi connectivity index (χ1) is 8.20. The summed E-state index contributed by atoms with van der Waals surface area (Å²) in [5.41, 5.74) is 4.28. The van der Waals surface area contributed by atoms with Gasteiger partial charge in [-0.1, -0.05) is 49.1 Å². The molecule has 1 aromatic rings. The summed E-state index contributed by atoms with van der Waals surface area (Å²) in [5.74, 6) is 0.844. The van der Waals surface area contributed by atoms with E-state index in [0.717, 1.165) is 12.5 Å². The van der Waals surface area contributed by atoms with Crippen molar-refractivity contribution in [3.63, 3.8) is 0 Å². The predicted octanol–water partition coefficient (Wildman–Crippen LogP) is 4.14. The second kappa shape index (κ2) is 5.68. The lowest BCUT2D eigenvalue weighted by Crippen LogP contribution is -2.27. The molecule has 1 fully saturated rings. The fraction of sp³-hybridized carbons (Fsp3) is 0.625. The molecule has 0 aromatic heterocycles. The predicted molar refractivity (Wildman–Crippen MR) is 74.3 cm³/mol. The molecule has 1 aliphatic rings. The smallest absolute Gasteiger partial charge is 0.0348 e. The first kappa shape index (κ1) is 12.6. The van der Waals surface area contributed by atoms with Gasteiger partial charge in [-0.15, -0.1) is 0 Å². The van der Waals surface area contributed by atoms with E-state index >= 15 is 0 Å². The highest BCUT2D eigenvalue weighted by molar-refractivity contribution is 5.31. The monoisotopic (exact) mass is 231 g/mol. The van der Waals surface area contributed by atoms with E-state index in [0.29, 0.717) is 6.04 Å². The standard InChI is InChI=1S/C16H25N/c1-4-17-16(14-7-5-6-8-14)15-10-12(2)9-13(3)11-15/h9-11,14,16-17H,4-8H2,1-3H3. The molecular formula is C16H25N. The zero-order valence-corrected chi connectivity index (χ0v) is 11.4. The fourth-order valence-electron chi connectivity index (χ4n) is 3.26. The summed E-state index contributed by atoms with van der Waals surface area (Å²) < 4.78 is 0. The van der Waals surface area contributed by atoms with Gasteiger partial charge in [-0.2, -0.15) is 0 Å². The van der Waals surface area contributed by atoms with E-state index in [2.05, 4.69) is 44.3 Å². The van der Waals surface area contributed by atoms with Crippen LogP contribution in [0.5, 0.6) is 0 Å². The van der Waals surface area contributed by atoms with Crippen molar-refractivity contribution < 1.29 is 0 Å². The van der Waals surface area contributed by atoms with Gasteiger partial charge >= 0.3 is 0 Å². The molecule has 17 heavy (non-hydrogen) atoms. The summed E-state index contributed by atoms with van der Waals surface area (Å²) in [6, 6.07) is 7.56. The lowest BCUT2D eigenvalue weighted by Gasteiger charge is -2.25. The van der Waals surface area contributed by atoms with Gasteiger partial charge in [-0.3, -0.25) is 0 Å². The zero-order chi connectivity index (χ0) is 12.3. The molecule has 1 aromatic carbocycles. The second-order valence-electron chi connectivity index (χ2n) is 5.50. The number of nitrogens with one attached hydrogen (secondary N) is 1. The highest BCUT2D eigenvalue weighted by Crippen LogP contribution is 2.36. The van der Waals surface area contributed by atoms with Gasteiger partial charge in [-0.25, -0.2) is 0 Å². The summed E-state index contributed by atoms with van der Waals surface area (Å²) in [5, 5.41) is 3.70. The number of benzene rings is 1. The second-order valence-corrected chi connectivity index (χ2v) is 5.50. The van der Waals surface area contributed by atoms with Crippen LogP contribution in [0.1, 0.15) is 55.3 Å². The van der Waals surface area contributed by atoms with Gasteiger partial charge < -0.3 is 5.32 Å². The molecule has 0 spiro atoms. The summed E-state index contributed by atoms with van der Waals surface area (Å²) in [6.07, 6.45) is 5.62. The Balaban J connectivity index is 2.24. The molecule has 1 N–H and O–H groups in total. The van der Waals surface area contributed by atoms with Crippen molar-refractivity contribution in [2.45, 2.75) is 52.5 Å². The maximum Gasteiger partial charge on any atom is 0.0348 e.